The Kier molecular flexibility index (Phi) is 3.91. The quantitative estimate of drug-likeness (QED) is 0.897. The van der Waals surface area contributed by atoms with Crippen molar-refractivity contribution in [2.24, 2.45) is 11.1 Å². The first-order valence-electron chi connectivity index (χ1n) is 7.40. The van der Waals surface area contributed by atoms with E-state index in [0.29, 0.717) is 5.41 Å². The van der Waals surface area contributed by atoms with E-state index in [1.165, 1.54) is 36.9 Å². The van der Waals surface area contributed by atoms with Gasteiger partial charge in [-0.25, -0.2) is 0 Å². The zero-order valence-corrected chi connectivity index (χ0v) is 12.9. The Bertz CT molecular complexity index is 427. The molecule has 0 amide bonds. The second-order valence-corrected chi connectivity index (χ2v) is 6.94. The molecule has 1 aromatic rings. The highest BCUT2D eigenvalue weighted by Gasteiger charge is 2.40. The number of hydrogen-bond acceptors (Lipinski definition) is 2. The Balaban J connectivity index is 2.25. The van der Waals surface area contributed by atoms with Gasteiger partial charge in [-0.3, -0.25) is 0 Å². The molecule has 0 bridgehead atoms. The summed E-state index contributed by atoms with van der Waals surface area (Å²) in [4.78, 5) is 2.44. The number of benzene rings is 1. The van der Waals surface area contributed by atoms with Crippen molar-refractivity contribution in [3.05, 3.63) is 29.8 Å². The summed E-state index contributed by atoms with van der Waals surface area (Å²) < 4.78 is 0. The van der Waals surface area contributed by atoms with Crippen LogP contribution in [0.4, 0.5) is 5.69 Å². The van der Waals surface area contributed by atoms with Crippen molar-refractivity contribution in [1.29, 1.82) is 0 Å². The van der Waals surface area contributed by atoms with Crippen molar-refractivity contribution in [3.8, 4) is 0 Å². The lowest BCUT2D eigenvalue weighted by Gasteiger charge is -2.49. The highest BCUT2D eigenvalue weighted by atomic mass is 15.2. The monoisotopic (exact) mass is 260 g/mol. The highest BCUT2D eigenvalue weighted by Crippen LogP contribution is 2.43. The van der Waals surface area contributed by atoms with Crippen LogP contribution in [0, 0.1) is 12.3 Å². The fourth-order valence-corrected chi connectivity index (χ4v) is 3.26. The molecule has 0 unspecified atom stereocenters. The molecular formula is C17H28N2. The summed E-state index contributed by atoms with van der Waals surface area (Å²) in [7, 11) is 2.22. The van der Waals surface area contributed by atoms with Crippen LogP contribution < -0.4 is 10.6 Å². The van der Waals surface area contributed by atoms with Crippen molar-refractivity contribution < 1.29 is 0 Å². The van der Waals surface area contributed by atoms with Crippen molar-refractivity contribution >= 4 is 5.69 Å². The lowest BCUT2D eigenvalue weighted by molar-refractivity contribution is 0.165. The van der Waals surface area contributed by atoms with Gasteiger partial charge >= 0.3 is 0 Å². The van der Waals surface area contributed by atoms with Gasteiger partial charge in [-0.15, -0.1) is 0 Å². The Morgan fingerprint density at radius 1 is 1.11 bits per heavy atom. The largest absolute Gasteiger partial charge is 0.367 e. The zero-order valence-electron chi connectivity index (χ0n) is 12.9. The molecule has 106 valence electrons. The summed E-state index contributed by atoms with van der Waals surface area (Å²) in [5.74, 6) is 0. The Morgan fingerprint density at radius 2 is 1.68 bits per heavy atom. The SMILES string of the molecule is Cc1ccccc1N(C)C1(CN)CCC(C)(C)CC1. The molecule has 0 saturated heterocycles. The Labute approximate surface area is 118 Å². The van der Waals surface area contributed by atoms with Crippen LogP contribution in [-0.2, 0) is 0 Å². The minimum atomic E-state index is 0.141. The van der Waals surface area contributed by atoms with Gasteiger partial charge in [0.25, 0.3) is 0 Å². The van der Waals surface area contributed by atoms with Crippen LogP contribution in [-0.4, -0.2) is 19.1 Å². The van der Waals surface area contributed by atoms with Crippen molar-refractivity contribution in [3.63, 3.8) is 0 Å². The summed E-state index contributed by atoms with van der Waals surface area (Å²) in [6, 6.07) is 8.62. The van der Waals surface area contributed by atoms with E-state index >= 15 is 0 Å². The number of nitrogens with two attached hydrogens (primary N) is 1. The molecule has 2 N–H and O–H groups in total. The van der Waals surface area contributed by atoms with E-state index in [4.69, 9.17) is 5.73 Å². The predicted molar refractivity (Wildman–Crippen MR) is 83.6 cm³/mol. The first-order chi connectivity index (χ1) is 8.90. The summed E-state index contributed by atoms with van der Waals surface area (Å²) >= 11 is 0. The van der Waals surface area contributed by atoms with Crippen molar-refractivity contribution in [2.75, 3.05) is 18.5 Å². The minimum Gasteiger partial charge on any atom is -0.367 e. The predicted octanol–water partition coefficient (Wildman–Crippen LogP) is 3.73. The van der Waals surface area contributed by atoms with Crippen LogP contribution in [0.2, 0.25) is 0 Å². The standard InChI is InChI=1S/C17H28N2/c1-14-7-5-6-8-15(14)19(4)17(13-18)11-9-16(2,3)10-12-17/h5-8H,9-13,18H2,1-4H3. The zero-order chi connectivity index (χ0) is 14.1. The van der Waals surface area contributed by atoms with Gasteiger partial charge in [-0.1, -0.05) is 32.0 Å². The van der Waals surface area contributed by atoms with E-state index in [0.717, 1.165) is 6.54 Å². The third kappa shape index (κ3) is 2.79. The first-order valence-corrected chi connectivity index (χ1v) is 7.40. The molecule has 19 heavy (non-hydrogen) atoms. The summed E-state index contributed by atoms with van der Waals surface area (Å²) in [5.41, 5.74) is 9.45. The van der Waals surface area contributed by atoms with E-state index in [-0.39, 0.29) is 5.54 Å². The van der Waals surface area contributed by atoms with Gasteiger partial charge in [-0.05, 0) is 49.7 Å². The van der Waals surface area contributed by atoms with Crippen LogP contribution >= 0.6 is 0 Å². The normalized spacial score (nSPS) is 21.1. The molecule has 1 aliphatic rings. The first kappa shape index (κ1) is 14.4. The third-order valence-electron chi connectivity index (χ3n) is 5.10. The molecule has 2 rings (SSSR count). The molecular weight excluding hydrogens is 232 g/mol. The van der Waals surface area contributed by atoms with Crippen LogP contribution in [0.15, 0.2) is 24.3 Å². The van der Waals surface area contributed by atoms with Gasteiger partial charge < -0.3 is 10.6 Å². The number of anilines is 1. The van der Waals surface area contributed by atoms with Crippen LogP contribution in [0.1, 0.15) is 45.1 Å². The second kappa shape index (κ2) is 5.16. The van der Waals surface area contributed by atoms with Gasteiger partial charge in [0.15, 0.2) is 0 Å². The minimum absolute atomic E-state index is 0.141. The molecule has 0 atom stereocenters. The summed E-state index contributed by atoms with van der Waals surface area (Å²) in [5, 5.41) is 0. The maximum absolute atomic E-state index is 6.17. The number of para-hydroxylation sites is 1. The van der Waals surface area contributed by atoms with Gasteiger partial charge in [0.2, 0.25) is 0 Å². The molecule has 2 heteroatoms. The maximum atomic E-state index is 6.17. The molecule has 0 radical (unpaired) electrons. The Morgan fingerprint density at radius 3 is 2.21 bits per heavy atom. The van der Waals surface area contributed by atoms with Crippen LogP contribution in [0.5, 0.6) is 0 Å². The maximum Gasteiger partial charge on any atom is 0.0521 e. The number of rotatable bonds is 3. The molecule has 0 heterocycles. The van der Waals surface area contributed by atoms with Crippen molar-refractivity contribution in [2.45, 2.75) is 52.0 Å². The smallest absolute Gasteiger partial charge is 0.0521 e. The number of nitrogens with zero attached hydrogens (tertiary/aromatic N) is 1. The summed E-state index contributed by atoms with van der Waals surface area (Å²) in [6.45, 7) is 7.68. The average Bonchev–Trinajstić information content (AvgIpc) is 2.39. The van der Waals surface area contributed by atoms with Gasteiger partial charge in [0.05, 0.1) is 5.54 Å². The second-order valence-electron chi connectivity index (χ2n) is 6.94. The highest BCUT2D eigenvalue weighted by molar-refractivity contribution is 5.54. The third-order valence-corrected chi connectivity index (χ3v) is 5.10. The Hall–Kier alpha value is -1.02. The van der Waals surface area contributed by atoms with Crippen LogP contribution in [0.3, 0.4) is 0 Å². The van der Waals surface area contributed by atoms with E-state index in [1.807, 2.05) is 0 Å². The fraction of sp³-hybridized carbons (Fsp3) is 0.647. The molecule has 1 aromatic carbocycles. The molecule has 1 fully saturated rings. The van der Waals surface area contributed by atoms with Crippen LogP contribution in [0.25, 0.3) is 0 Å². The lowest BCUT2D eigenvalue weighted by atomic mass is 9.68. The topological polar surface area (TPSA) is 29.3 Å². The number of aryl methyl sites for hydroxylation is 1. The van der Waals surface area contributed by atoms with E-state index < -0.39 is 0 Å². The van der Waals surface area contributed by atoms with Gasteiger partial charge in [0.1, 0.15) is 0 Å². The summed E-state index contributed by atoms with van der Waals surface area (Å²) in [6.07, 6.45) is 4.92. The molecule has 1 saturated carbocycles. The fourth-order valence-electron chi connectivity index (χ4n) is 3.26. The lowest BCUT2D eigenvalue weighted by Crippen LogP contribution is -2.55. The molecule has 2 nitrogen and oxygen atoms in total. The van der Waals surface area contributed by atoms with E-state index in [9.17, 15) is 0 Å². The molecule has 0 aromatic heterocycles. The molecule has 0 aliphatic heterocycles. The molecule has 1 aliphatic carbocycles. The van der Waals surface area contributed by atoms with E-state index in [1.54, 1.807) is 0 Å². The number of likely N-dealkylation sites (N-methyl/N-ethyl adjacent to an activating group) is 1. The number of hydrogen-bond donors (Lipinski definition) is 1. The average molecular weight is 260 g/mol. The molecule has 0 spiro atoms. The van der Waals surface area contributed by atoms with Gasteiger partial charge in [0, 0.05) is 19.3 Å². The van der Waals surface area contributed by atoms with E-state index in [2.05, 4.69) is 57.0 Å². The van der Waals surface area contributed by atoms with Gasteiger partial charge in [-0.2, -0.15) is 0 Å². The van der Waals surface area contributed by atoms with Crippen molar-refractivity contribution in [1.82, 2.24) is 0 Å².